The summed E-state index contributed by atoms with van der Waals surface area (Å²) in [6, 6.07) is 8.71. The number of benzene rings is 2. The van der Waals surface area contributed by atoms with Crippen molar-refractivity contribution in [2.24, 2.45) is 5.10 Å². The lowest BCUT2D eigenvalue weighted by Gasteiger charge is -2.16. The van der Waals surface area contributed by atoms with Gasteiger partial charge in [0, 0.05) is 4.47 Å². The van der Waals surface area contributed by atoms with E-state index in [1.165, 1.54) is 24.9 Å². The number of methoxy groups -OCH3 is 1. The minimum Gasteiger partial charge on any atom is -0.493 e. The van der Waals surface area contributed by atoms with Gasteiger partial charge in [0.25, 0.3) is 5.56 Å². The SMILES string of the molecule is COc1cc(C=Nn2c(C)nc3ccc(Br)cc3c2=O)cc(I)c1O[C@@H](C)C(=O)O. The molecule has 2 aromatic carbocycles. The van der Waals surface area contributed by atoms with Gasteiger partial charge in [0.1, 0.15) is 5.82 Å². The van der Waals surface area contributed by atoms with Crippen molar-refractivity contribution in [3.05, 3.63) is 60.1 Å². The number of ether oxygens (including phenoxy) is 2. The predicted molar refractivity (Wildman–Crippen MR) is 125 cm³/mol. The molecule has 0 fully saturated rings. The highest BCUT2D eigenvalue weighted by Gasteiger charge is 2.18. The van der Waals surface area contributed by atoms with E-state index in [2.05, 4.69) is 26.0 Å². The summed E-state index contributed by atoms with van der Waals surface area (Å²) in [6.07, 6.45) is 0.478. The van der Waals surface area contributed by atoms with E-state index in [4.69, 9.17) is 14.6 Å². The molecule has 0 aliphatic heterocycles. The maximum absolute atomic E-state index is 12.8. The van der Waals surface area contributed by atoms with Crippen LogP contribution in [0.1, 0.15) is 18.3 Å². The smallest absolute Gasteiger partial charge is 0.344 e. The topological polar surface area (TPSA) is 103 Å². The molecule has 8 nitrogen and oxygen atoms in total. The summed E-state index contributed by atoms with van der Waals surface area (Å²) in [5.74, 6) is 0.0589. The van der Waals surface area contributed by atoms with Crippen LogP contribution in [0.3, 0.4) is 0 Å². The highest BCUT2D eigenvalue weighted by Crippen LogP contribution is 2.34. The molecule has 0 radical (unpaired) electrons. The Kier molecular flexibility index (Phi) is 6.76. The summed E-state index contributed by atoms with van der Waals surface area (Å²) >= 11 is 5.39. The lowest BCUT2D eigenvalue weighted by Crippen LogP contribution is -2.23. The summed E-state index contributed by atoms with van der Waals surface area (Å²) in [4.78, 5) is 28.4. The molecule has 10 heteroatoms. The van der Waals surface area contributed by atoms with Gasteiger partial charge in [0.15, 0.2) is 17.6 Å². The first-order chi connectivity index (χ1) is 14.2. The third-order valence-electron chi connectivity index (χ3n) is 4.19. The van der Waals surface area contributed by atoms with Crippen LogP contribution in [0.15, 0.2) is 44.7 Å². The van der Waals surface area contributed by atoms with Gasteiger partial charge in [-0.2, -0.15) is 9.78 Å². The second-order valence-corrected chi connectivity index (χ2v) is 8.39. The number of nitrogens with zero attached hydrogens (tertiary/aromatic N) is 3. The molecule has 0 unspecified atom stereocenters. The van der Waals surface area contributed by atoms with Crippen LogP contribution in [0.5, 0.6) is 11.5 Å². The minimum absolute atomic E-state index is 0.285. The van der Waals surface area contributed by atoms with Gasteiger partial charge in [-0.3, -0.25) is 4.79 Å². The molecule has 30 heavy (non-hydrogen) atoms. The maximum atomic E-state index is 12.8. The van der Waals surface area contributed by atoms with Gasteiger partial charge in [-0.15, -0.1) is 0 Å². The first-order valence-corrected chi connectivity index (χ1v) is 10.6. The first kappa shape index (κ1) is 22.2. The minimum atomic E-state index is -1.08. The third-order valence-corrected chi connectivity index (χ3v) is 5.48. The van der Waals surface area contributed by atoms with E-state index in [0.29, 0.717) is 37.4 Å². The quantitative estimate of drug-likeness (QED) is 0.348. The van der Waals surface area contributed by atoms with Gasteiger partial charge in [-0.25, -0.2) is 9.78 Å². The highest BCUT2D eigenvalue weighted by atomic mass is 127. The fraction of sp³-hybridized carbons (Fsp3) is 0.200. The standard InChI is InChI=1S/C20H17BrIN3O5/c1-10(20(27)28)30-18-15(22)6-12(7-17(18)29-3)9-23-25-11(2)24-16-5-4-13(21)8-14(16)19(25)26/h4-10H,1-3H3,(H,27,28)/t10-/m0/s1. The van der Waals surface area contributed by atoms with Crippen molar-refractivity contribution in [1.29, 1.82) is 0 Å². The van der Waals surface area contributed by atoms with Crippen molar-refractivity contribution in [2.45, 2.75) is 20.0 Å². The molecule has 0 aliphatic rings. The van der Waals surface area contributed by atoms with Crippen LogP contribution < -0.4 is 15.0 Å². The number of fused-ring (bicyclic) bond motifs is 1. The van der Waals surface area contributed by atoms with Crippen LogP contribution in [0.4, 0.5) is 0 Å². The van der Waals surface area contributed by atoms with Crippen molar-refractivity contribution in [3.8, 4) is 11.5 Å². The zero-order valence-corrected chi connectivity index (χ0v) is 20.0. The molecule has 1 aromatic heterocycles. The molecule has 1 atom stereocenters. The molecule has 0 amide bonds. The second-order valence-electron chi connectivity index (χ2n) is 6.31. The monoisotopic (exact) mass is 585 g/mol. The average molecular weight is 586 g/mol. The van der Waals surface area contributed by atoms with Crippen LogP contribution in [0.2, 0.25) is 0 Å². The molecule has 1 N–H and O–H groups in total. The van der Waals surface area contributed by atoms with E-state index in [9.17, 15) is 9.59 Å². The highest BCUT2D eigenvalue weighted by molar-refractivity contribution is 14.1. The Balaban J connectivity index is 2.01. The van der Waals surface area contributed by atoms with E-state index in [0.717, 1.165) is 4.47 Å². The molecule has 156 valence electrons. The largest absolute Gasteiger partial charge is 0.493 e. The lowest BCUT2D eigenvalue weighted by molar-refractivity contribution is -0.144. The average Bonchev–Trinajstić information content (AvgIpc) is 2.69. The number of carbonyl (C=O) groups is 1. The van der Waals surface area contributed by atoms with Gasteiger partial charge in [0.2, 0.25) is 0 Å². The van der Waals surface area contributed by atoms with Gasteiger partial charge < -0.3 is 14.6 Å². The molecule has 0 bridgehead atoms. The van der Waals surface area contributed by atoms with Gasteiger partial charge in [0.05, 0.1) is 27.8 Å². The maximum Gasteiger partial charge on any atom is 0.344 e. The summed E-state index contributed by atoms with van der Waals surface area (Å²) in [7, 11) is 1.46. The number of carboxylic acids is 1. The normalized spacial score (nSPS) is 12.3. The van der Waals surface area contributed by atoms with E-state index >= 15 is 0 Å². The Bertz CT molecular complexity index is 1230. The van der Waals surface area contributed by atoms with Crippen molar-refractivity contribution >= 4 is 61.6 Å². The van der Waals surface area contributed by atoms with Crippen LogP contribution in [0, 0.1) is 10.5 Å². The number of aromatic nitrogens is 2. The van der Waals surface area contributed by atoms with Crippen molar-refractivity contribution < 1.29 is 19.4 Å². The van der Waals surface area contributed by atoms with Crippen molar-refractivity contribution in [3.63, 3.8) is 0 Å². The molecule has 0 aliphatic carbocycles. The Morgan fingerprint density at radius 2 is 2.10 bits per heavy atom. The number of rotatable bonds is 6. The zero-order chi connectivity index (χ0) is 22.0. The summed E-state index contributed by atoms with van der Waals surface area (Å²) in [5.41, 5.74) is 0.955. The van der Waals surface area contributed by atoms with Gasteiger partial charge >= 0.3 is 5.97 Å². The van der Waals surface area contributed by atoms with Crippen molar-refractivity contribution in [2.75, 3.05) is 7.11 Å². The molecule has 1 heterocycles. The Labute approximate surface area is 193 Å². The van der Waals surface area contributed by atoms with Crippen LogP contribution in [0.25, 0.3) is 10.9 Å². The summed E-state index contributed by atoms with van der Waals surface area (Å²) in [5, 5.41) is 13.8. The van der Waals surface area contributed by atoms with Gasteiger partial charge in [-0.1, -0.05) is 15.9 Å². The Hall–Kier alpha value is -2.47. The molecule has 0 spiro atoms. The molecule has 0 saturated carbocycles. The predicted octanol–water partition coefficient (Wildman–Crippen LogP) is 3.81. The van der Waals surface area contributed by atoms with E-state index < -0.39 is 12.1 Å². The first-order valence-electron chi connectivity index (χ1n) is 8.71. The number of hydrogen-bond acceptors (Lipinski definition) is 6. The molecular weight excluding hydrogens is 569 g/mol. The fourth-order valence-corrected chi connectivity index (χ4v) is 3.79. The molecular formula is C20H17BrIN3O5. The number of halogens is 2. The zero-order valence-electron chi connectivity index (χ0n) is 16.2. The van der Waals surface area contributed by atoms with Crippen LogP contribution in [-0.2, 0) is 4.79 Å². The molecule has 3 aromatic rings. The number of carboxylic acid groups (broad SMARTS) is 1. The molecule has 0 saturated heterocycles. The van der Waals surface area contributed by atoms with Gasteiger partial charge in [-0.05, 0) is 72.3 Å². The number of aliphatic carboxylic acids is 1. The van der Waals surface area contributed by atoms with Crippen molar-refractivity contribution in [1.82, 2.24) is 9.66 Å². The number of hydrogen-bond donors (Lipinski definition) is 1. The van der Waals surface area contributed by atoms with E-state index in [1.54, 1.807) is 31.2 Å². The van der Waals surface area contributed by atoms with Crippen LogP contribution >= 0.6 is 38.5 Å². The van der Waals surface area contributed by atoms with E-state index in [1.807, 2.05) is 28.7 Å². The van der Waals surface area contributed by atoms with E-state index in [-0.39, 0.29) is 5.56 Å². The summed E-state index contributed by atoms with van der Waals surface area (Å²) in [6.45, 7) is 3.14. The van der Waals surface area contributed by atoms with Crippen LogP contribution in [-0.4, -0.2) is 40.2 Å². The fourth-order valence-electron chi connectivity index (χ4n) is 2.68. The lowest BCUT2D eigenvalue weighted by atomic mass is 10.2. The Morgan fingerprint density at radius 3 is 2.77 bits per heavy atom. The summed E-state index contributed by atoms with van der Waals surface area (Å²) < 4.78 is 13.5. The number of aryl methyl sites for hydroxylation is 1. The molecule has 3 rings (SSSR count). The second kappa shape index (κ2) is 9.13. The Morgan fingerprint density at radius 1 is 1.37 bits per heavy atom. The third kappa shape index (κ3) is 4.64.